The summed E-state index contributed by atoms with van der Waals surface area (Å²) in [6.45, 7) is 2.69. The summed E-state index contributed by atoms with van der Waals surface area (Å²) in [5, 5.41) is 14.8. The molecular weight excluding hydrogens is 278 g/mol. The highest BCUT2D eigenvalue weighted by Crippen LogP contribution is 2.17. The molecule has 0 unspecified atom stereocenters. The van der Waals surface area contributed by atoms with Gasteiger partial charge in [-0.25, -0.2) is 9.97 Å². The molecule has 1 amide bonds. The Morgan fingerprint density at radius 3 is 2.91 bits per heavy atom. The molecule has 0 saturated carbocycles. The summed E-state index contributed by atoms with van der Waals surface area (Å²) in [5.41, 5.74) is 1.39. The number of anilines is 2. The molecule has 0 radical (unpaired) electrons. The standard InChI is InChI=1S/C16H17N5O/c1-2-3-9-18-15(22)14-8-10-19-16(21-14)20-13-7-5-4-6-12(13)11-17/h4-8,10H,2-3,9H2,1H3,(H,18,22)(H,19,20,21). The molecule has 1 heterocycles. The van der Waals surface area contributed by atoms with E-state index in [1.54, 1.807) is 24.3 Å². The first-order valence-corrected chi connectivity index (χ1v) is 7.12. The zero-order chi connectivity index (χ0) is 15.8. The van der Waals surface area contributed by atoms with Gasteiger partial charge in [0, 0.05) is 12.7 Å². The second-order valence-corrected chi connectivity index (χ2v) is 4.66. The number of nitriles is 1. The van der Waals surface area contributed by atoms with Crippen LogP contribution in [-0.2, 0) is 0 Å². The van der Waals surface area contributed by atoms with Gasteiger partial charge in [-0.15, -0.1) is 0 Å². The highest BCUT2D eigenvalue weighted by molar-refractivity contribution is 5.92. The summed E-state index contributed by atoms with van der Waals surface area (Å²) in [5.74, 6) is 0.0540. The number of amides is 1. The van der Waals surface area contributed by atoms with Gasteiger partial charge in [0.15, 0.2) is 0 Å². The summed E-state index contributed by atoms with van der Waals surface area (Å²) in [6.07, 6.45) is 3.46. The third-order valence-electron chi connectivity index (χ3n) is 3.00. The van der Waals surface area contributed by atoms with Crippen LogP contribution in [0.25, 0.3) is 0 Å². The van der Waals surface area contributed by atoms with Gasteiger partial charge >= 0.3 is 0 Å². The molecule has 22 heavy (non-hydrogen) atoms. The Morgan fingerprint density at radius 2 is 2.14 bits per heavy atom. The van der Waals surface area contributed by atoms with E-state index >= 15 is 0 Å². The smallest absolute Gasteiger partial charge is 0.270 e. The molecule has 6 nitrogen and oxygen atoms in total. The molecule has 0 aliphatic carbocycles. The SMILES string of the molecule is CCCCNC(=O)c1ccnc(Nc2ccccc2C#N)n1. The fraction of sp³-hybridized carbons (Fsp3) is 0.250. The van der Waals surface area contributed by atoms with Crippen LogP contribution in [0, 0.1) is 11.3 Å². The average Bonchev–Trinajstić information content (AvgIpc) is 2.56. The minimum atomic E-state index is -0.229. The number of carbonyl (C=O) groups excluding carboxylic acids is 1. The van der Waals surface area contributed by atoms with Crippen molar-refractivity contribution < 1.29 is 4.79 Å². The maximum Gasteiger partial charge on any atom is 0.270 e. The minimum Gasteiger partial charge on any atom is -0.351 e. The Kier molecular flexibility index (Phi) is 5.44. The number of aromatic nitrogens is 2. The number of nitrogens with zero attached hydrogens (tertiary/aromatic N) is 3. The third kappa shape index (κ3) is 4.03. The van der Waals surface area contributed by atoms with Gasteiger partial charge in [-0.3, -0.25) is 4.79 Å². The van der Waals surface area contributed by atoms with Gasteiger partial charge < -0.3 is 10.6 Å². The van der Waals surface area contributed by atoms with Crippen molar-refractivity contribution in [3.05, 3.63) is 47.8 Å². The fourth-order valence-corrected chi connectivity index (χ4v) is 1.82. The lowest BCUT2D eigenvalue weighted by molar-refractivity contribution is 0.0948. The molecule has 2 N–H and O–H groups in total. The molecule has 0 atom stereocenters. The molecule has 1 aromatic heterocycles. The largest absolute Gasteiger partial charge is 0.351 e. The molecule has 112 valence electrons. The van der Waals surface area contributed by atoms with E-state index in [0.29, 0.717) is 23.5 Å². The highest BCUT2D eigenvalue weighted by Gasteiger charge is 2.09. The van der Waals surface area contributed by atoms with Crippen molar-refractivity contribution in [3.63, 3.8) is 0 Å². The first kappa shape index (κ1) is 15.4. The van der Waals surface area contributed by atoms with Crippen LogP contribution in [0.3, 0.4) is 0 Å². The molecular formula is C16H17N5O. The predicted octanol–water partition coefficient (Wildman–Crippen LogP) is 2.62. The zero-order valence-corrected chi connectivity index (χ0v) is 12.3. The van der Waals surface area contributed by atoms with Crippen LogP contribution >= 0.6 is 0 Å². The van der Waals surface area contributed by atoms with Gasteiger partial charge in [0.25, 0.3) is 5.91 Å². The molecule has 6 heteroatoms. The normalized spacial score (nSPS) is 9.82. The van der Waals surface area contributed by atoms with E-state index in [4.69, 9.17) is 5.26 Å². The van der Waals surface area contributed by atoms with Gasteiger partial charge in [-0.05, 0) is 24.6 Å². The minimum absolute atomic E-state index is 0.229. The zero-order valence-electron chi connectivity index (χ0n) is 12.3. The number of hydrogen-bond acceptors (Lipinski definition) is 5. The Hall–Kier alpha value is -2.94. The van der Waals surface area contributed by atoms with Crippen LogP contribution in [-0.4, -0.2) is 22.4 Å². The van der Waals surface area contributed by atoms with Crippen molar-refractivity contribution >= 4 is 17.5 Å². The molecule has 2 aromatic rings. The van der Waals surface area contributed by atoms with Crippen LogP contribution in [0.5, 0.6) is 0 Å². The molecule has 0 fully saturated rings. The predicted molar refractivity (Wildman–Crippen MR) is 83.7 cm³/mol. The highest BCUT2D eigenvalue weighted by atomic mass is 16.1. The van der Waals surface area contributed by atoms with E-state index in [0.717, 1.165) is 12.8 Å². The topological polar surface area (TPSA) is 90.7 Å². The first-order chi connectivity index (χ1) is 10.7. The van der Waals surface area contributed by atoms with Crippen molar-refractivity contribution in [2.75, 3.05) is 11.9 Å². The second kappa shape index (κ2) is 7.74. The number of carbonyl (C=O) groups is 1. The quantitative estimate of drug-likeness (QED) is 0.799. The van der Waals surface area contributed by atoms with Crippen LogP contribution in [0.1, 0.15) is 35.8 Å². The van der Waals surface area contributed by atoms with Crippen molar-refractivity contribution in [3.8, 4) is 6.07 Å². The van der Waals surface area contributed by atoms with E-state index in [2.05, 4.69) is 33.6 Å². The Bertz CT molecular complexity index is 693. The molecule has 0 aliphatic heterocycles. The summed E-state index contributed by atoms with van der Waals surface area (Å²) in [7, 11) is 0. The van der Waals surface area contributed by atoms with Crippen molar-refractivity contribution in [1.82, 2.24) is 15.3 Å². The van der Waals surface area contributed by atoms with Gasteiger partial charge in [-0.2, -0.15) is 5.26 Å². The molecule has 0 saturated heterocycles. The van der Waals surface area contributed by atoms with Gasteiger partial charge in [0.2, 0.25) is 5.95 Å². The Morgan fingerprint density at radius 1 is 1.32 bits per heavy atom. The van der Waals surface area contributed by atoms with E-state index in [-0.39, 0.29) is 11.9 Å². The second-order valence-electron chi connectivity index (χ2n) is 4.66. The number of para-hydroxylation sites is 1. The lowest BCUT2D eigenvalue weighted by Crippen LogP contribution is -2.25. The number of hydrogen-bond donors (Lipinski definition) is 2. The van der Waals surface area contributed by atoms with E-state index in [9.17, 15) is 4.79 Å². The van der Waals surface area contributed by atoms with E-state index in [1.807, 2.05) is 6.07 Å². The number of rotatable bonds is 6. The van der Waals surface area contributed by atoms with Crippen molar-refractivity contribution in [2.45, 2.75) is 19.8 Å². The van der Waals surface area contributed by atoms with Crippen LogP contribution in [0.2, 0.25) is 0 Å². The van der Waals surface area contributed by atoms with Crippen molar-refractivity contribution in [1.29, 1.82) is 5.26 Å². The molecule has 2 rings (SSSR count). The third-order valence-corrected chi connectivity index (χ3v) is 3.00. The number of nitrogens with one attached hydrogen (secondary N) is 2. The first-order valence-electron chi connectivity index (χ1n) is 7.12. The van der Waals surface area contributed by atoms with Gasteiger partial charge in [-0.1, -0.05) is 25.5 Å². The Labute approximate surface area is 129 Å². The van der Waals surface area contributed by atoms with Crippen molar-refractivity contribution in [2.24, 2.45) is 0 Å². The lowest BCUT2D eigenvalue weighted by atomic mass is 10.2. The van der Waals surface area contributed by atoms with Crippen LogP contribution in [0.15, 0.2) is 36.5 Å². The van der Waals surface area contributed by atoms with Gasteiger partial charge in [0.1, 0.15) is 11.8 Å². The lowest BCUT2D eigenvalue weighted by Gasteiger charge is -2.08. The molecule has 1 aromatic carbocycles. The number of unbranched alkanes of at least 4 members (excludes halogenated alkanes) is 1. The van der Waals surface area contributed by atoms with Gasteiger partial charge in [0.05, 0.1) is 11.3 Å². The monoisotopic (exact) mass is 295 g/mol. The summed E-state index contributed by atoms with van der Waals surface area (Å²) >= 11 is 0. The Balaban J connectivity index is 2.12. The summed E-state index contributed by atoms with van der Waals surface area (Å²) in [6, 6.07) is 10.7. The fourth-order valence-electron chi connectivity index (χ4n) is 1.82. The van der Waals surface area contributed by atoms with E-state index < -0.39 is 0 Å². The van der Waals surface area contributed by atoms with E-state index in [1.165, 1.54) is 6.20 Å². The number of benzene rings is 1. The summed E-state index contributed by atoms with van der Waals surface area (Å²) in [4.78, 5) is 20.2. The average molecular weight is 295 g/mol. The summed E-state index contributed by atoms with van der Waals surface area (Å²) < 4.78 is 0. The van der Waals surface area contributed by atoms with Crippen LogP contribution < -0.4 is 10.6 Å². The maximum atomic E-state index is 12.0. The molecule has 0 aliphatic rings. The van der Waals surface area contributed by atoms with Crippen LogP contribution in [0.4, 0.5) is 11.6 Å². The molecule has 0 bridgehead atoms. The molecule has 0 spiro atoms. The maximum absolute atomic E-state index is 12.0.